The van der Waals surface area contributed by atoms with E-state index in [1.807, 2.05) is 36.7 Å². The smallest absolute Gasteiger partial charge is 0.119 e. The van der Waals surface area contributed by atoms with Gasteiger partial charge in [0, 0.05) is 18.9 Å². The molecule has 0 saturated heterocycles. The summed E-state index contributed by atoms with van der Waals surface area (Å²) in [5.41, 5.74) is 2.51. The highest BCUT2D eigenvalue weighted by atomic mass is 16.5. The lowest BCUT2D eigenvalue weighted by Gasteiger charge is -2.07. The summed E-state index contributed by atoms with van der Waals surface area (Å²) in [6.07, 6.45) is 5.84. The third-order valence-electron chi connectivity index (χ3n) is 3.08. The van der Waals surface area contributed by atoms with E-state index in [9.17, 15) is 0 Å². The molecule has 0 aliphatic rings. The first-order valence-electron chi connectivity index (χ1n) is 7.14. The number of aryl methyl sites for hydroxylation is 1. The maximum atomic E-state index is 5.72. The van der Waals surface area contributed by atoms with Gasteiger partial charge < -0.3 is 10.1 Å². The van der Waals surface area contributed by atoms with E-state index in [0.717, 1.165) is 38.3 Å². The fourth-order valence-corrected chi connectivity index (χ4v) is 1.98. The lowest BCUT2D eigenvalue weighted by Crippen LogP contribution is -2.15. The maximum absolute atomic E-state index is 5.72. The van der Waals surface area contributed by atoms with Crippen LogP contribution in [0.25, 0.3) is 0 Å². The average molecular weight is 270 g/mol. The van der Waals surface area contributed by atoms with Gasteiger partial charge in [0.15, 0.2) is 0 Å². The number of benzene rings is 1. The number of hydrogen-bond donors (Lipinski definition) is 1. The van der Waals surface area contributed by atoms with E-state index in [2.05, 4.69) is 29.4 Å². The first kappa shape index (κ1) is 14.5. The highest BCUT2D eigenvalue weighted by molar-refractivity contribution is 5.27. The van der Waals surface area contributed by atoms with Gasteiger partial charge in [-0.3, -0.25) is 4.98 Å². The predicted molar refractivity (Wildman–Crippen MR) is 81.9 cm³/mol. The van der Waals surface area contributed by atoms with E-state index < -0.39 is 0 Å². The molecule has 2 rings (SSSR count). The Morgan fingerprint density at radius 1 is 1.10 bits per heavy atom. The molecule has 0 spiro atoms. The van der Waals surface area contributed by atoms with Gasteiger partial charge in [-0.2, -0.15) is 0 Å². The normalized spacial score (nSPS) is 10.4. The number of hydrogen-bond acceptors (Lipinski definition) is 3. The Labute approximate surface area is 121 Å². The van der Waals surface area contributed by atoms with Gasteiger partial charge in [-0.1, -0.05) is 12.1 Å². The van der Waals surface area contributed by atoms with Crippen LogP contribution in [0.1, 0.15) is 24.0 Å². The van der Waals surface area contributed by atoms with Crippen LogP contribution in [0, 0.1) is 6.92 Å². The molecule has 0 aliphatic carbocycles. The number of nitrogens with one attached hydrogen (secondary N) is 1. The molecule has 106 valence electrons. The van der Waals surface area contributed by atoms with Crippen molar-refractivity contribution in [3.8, 4) is 5.75 Å². The maximum Gasteiger partial charge on any atom is 0.119 e. The fourth-order valence-electron chi connectivity index (χ4n) is 1.98. The zero-order chi connectivity index (χ0) is 14.0. The molecular weight excluding hydrogens is 248 g/mol. The Morgan fingerprint density at radius 3 is 2.75 bits per heavy atom. The van der Waals surface area contributed by atoms with E-state index in [-0.39, 0.29) is 0 Å². The molecule has 3 heteroatoms. The number of aromatic nitrogens is 1. The summed E-state index contributed by atoms with van der Waals surface area (Å²) in [6.45, 7) is 4.77. The second-order valence-electron chi connectivity index (χ2n) is 4.90. The van der Waals surface area contributed by atoms with Crippen LogP contribution in [0.4, 0.5) is 0 Å². The quantitative estimate of drug-likeness (QED) is 0.747. The van der Waals surface area contributed by atoms with Crippen molar-refractivity contribution in [3.05, 3.63) is 59.9 Å². The Morgan fingerprint density at radius 2 is 1.95 bits per heavy atom. The van der Waals surface area contributed by atoms with Crippen molar-refractivity contribution >= 4 is 0 Å². The lowest BCUT2D eigenvalue weighted by molar-refractivity contribution is 0.305. The van der Waals surface area contributed by atoms with E-state index in [1.54, 1.807) is 0 Å². The van der Waals surface area contributed by atoms with Crippen LogP contribution in [0.2, 0.25) is 0 Å². The van der Waals surface area contributed by atoms with E-state index in [1.165, 1.54) is 11.1 Å². The number of pyridine rings is 1. The van der Waals surface area contributed by atoms with Gasteiger partial charge in [-0.15, -0.1) is 0 Å². The minimum atomic E-state index is 0.778. The first-order valence-corrected chi connectivity index (χ1v) is 7.14. The first-order chi connectivity index (χ1) is 9.84. The summed E-state index contributed by atoms with van der Waals surface area (Å²) in [5.74, 6) is 0.967. The fraction of sp³-hybridized carbons (Fsp3) is 0.353. The highest BCUT2D eigenvalue weighted by Gasteiger charge is 1.95. The Hall–Kier alpha value is -1.87. The summed E-state index contributed by atoms with van der Waals surface area (Å²) in [4.78, 5) is 4.00. The van der Waals surface area contributed by atoms with Crippen molar-refractivity contribution in [2.24, 2.45) is 0 Å². The number of rotatable bonds is 8. The molecule has 0 atom stereocenters. The third-order valence-corrected chi connectivity index (χ3v) is 3.08. The molecule has 0 unspecified atom stereocenters. The summed E-state index contributed by atoms with van der Waals surface area (Å²) in [5, 5.41) is 3.43. The summed E-state index contributed by atoms with van der Waals surface area (Å²) < 4.78 is 5.72. The molecule has 2 aromatic rings. The molecule has 0 fully saturated rings. The Balaban J connectivity index is 1.52. The molecule has 0 bridgehead atoms. The van der Waals surface area contributed by atoms with E-state index in [4.69, 9.17) is 4.74 Å². The molecule has 0 saturated carbocycles. The molecule has 20 heavy (non-hydrogen) atoms. The zero-order valence-corrected chi connectivity index (χ0v) is 12.0. The van der Waals surface area contributed by atoms with Gasteiger partial charge in [0.1, 0.15) is 5.75 Å². The van der Waals surface area contributed by atoms with Gasteiger partial charge in [0.05, 0.1) is 6.61 Å². The summed E-state index contributed by atoms with van der Waals surface area (Å²) >= 11 is 0. The second-order valence-corrected chi connectivity index (χ2v) is 4.90. The predicted octanol–water partition coefficient (Wildman–Crippen LogP) is 3.34. The molecule has 0 aliphatic heterocycles. The van der Waals surface area contributed by atoms with Crippen molar-refractivity contribution in [3.63, 3.8) is 0 Å². The molecule has 0 radical (unpaired) electrons. The van der Waals surface area contributed by atoms with E-state index >= 15 is 0 Å². The van der Waals surface area contributed by atoms with E-state index in [0.29, 0.717) is 0 Å². The van der Waals surface area contributed by atoms with Crippen molar-refractivity contribution in [1.29, 1.82) is 0 Å². The van der Waals surface area contributed by atoms with Crippen molar-refractivity contribution in [2.75, 3.05) is 13.2 Å². The molecule has 1 aromatic heterocycles. The zero-order valence-electron chi connectivity index (χ0n) is 12.0. The summed E-state index contributed by atoms with van der Waals surface area (Å²) in [6, 6.07) is 12.3. The van der Waals surface area contributed by atoms with Crippen molar-refractivity contribution in [1.82, 2.24) is 10.3 Å². The van der Waals surface area contributed by atoms with Crippen molar-refractivity contribution in [2.45, 2.75) is 26.3 Å². The minimum Gasteiger partial charge on any atom is -0.494 e. The molecular formula is C17H22N2O. The minimum absolute atomic E-state index is 0.778. The van der Waals surface area contributed by atoms with Crippen LogP contribution < -0.4 is 10.1 Å². The van der Waals surface area contributed by atoms with Crippen LogP contribution in [0.5, 0.6) is 5.75 Å². The standard InChI is InChI=1S/C17H22N2O/c1-15-5-4-6-17(13-15)20-12-3-2-9-19-14-16-7-10-18-11-8-16/h4-8,10-11,13,19H,2-3,9,12,14H2,1H3. The van der Waals surface area contributed by atoms with Crippen LogP contribution in [-0.2, 0) is 6.54 Å². The summed E-state index contributed by atoms with van der Waals surface area (Å²) in [7, 11) is 0. The largest absolute Gasteiger partial charge is 0.494 e. The van der Waals surface area contributed by atoms with Gasteiger partial charge in [-0.05, 0) is 61.7 Å². The Bertz CT molecular complexity index is 499. The second kappa shape index (κ2) is 8.33. The average Bonchev–Trinajstić information content (AvgIpc) is 2.47. The SMILES string of the molecule is Cc1cccc(OCCCCNCc2ccncc2)c1. The van der Waals surface area contributed by atoms with Gasteiger partial charge in [0.2, 0.25) is 0 Å². The Kier molecular flexibility index (Phi) is 6.06. The number of ether oxygens (including phenoxy) is 1. The van der Waals surface area contributed by atoms with Crippen LogP contribution in [0.3, 0.4) is 0 Å². The number of unbranched alkanes of at least 4 members (excludes halogenated alkanes) is 1. The molecule has 1 N–H and O–H groups in total. The van der Waals surface area contributed by atoms with Crippen molar-refractivity contribution < 1.29 is 4.74 Å². The van der Waals surface area contributed by atoms with Gasteiger partial charge in [0.25, 0.3) is 0 Å². The third kappa shape index (κ3) is 5.41. The number of nitrogens with zero attached hydrogens (tertiary/aromatic N) is 1. The monoisotopic (exact) mass is 270 g/mol. The van der Waals surface area contributed by atoms with Crippen LogP contribution >= 0.6 is 0 Å². The molecule has 0 amide bonds. The van der Waals surface area contributed by atoms with Gasteiger partial charge >= 0.3 is 0 Å². The molecule has 3 nitrogen and oxygen atoms in total. The van der Waals surface area contributed by atoms with Crippen LogP contribution in [-0.4, -0.2) is 18.1 Å². The highest BCUT2D eigenvalue weighted by Crippen LogP contribution is 2.12. The lowest BCUT2D eigenvalue weighted by atomic mass is 10.2. The topological polar surface area (TPSA) is 34.1 Å². The molecule has 1 aromatic carbocycles. The molecule has 1 heterocycles. The van der Waals surface area contributed by atoms with Gasteiger partial charge in [-0.25, -0.2) is 0 Å². The van der Waals surface area contributed by atoms with Crippen LogP contribution in [0.15, 0.2) is 48.8 Å².